The molecule has 1 heterocycles. The van der Waals surface area contributed by atoms with Gasteiger partial charge >= 0.3 is 11.8 Å². The Hall–Kier alpha value is -1.36. The van der Waals surface area contributed by atoms with Gasteiger partial charge in [0.15, 0.2) is 0 Å². The summed E-state index contributed by atoms with van der Waals surface area (Å²) in [4.78, 5) is 26.2. The fraction of sp³-hybridized carbons (Fsp3) is 0.667. The van der Waals surface area contributed by atoms with Crippen molar-refractivity contribution in [2.75, 3.05) is 33.2 Å². The first-order chi connectivity index (χ1) is 8.08. The van der Waals surface area contributed by atoms with E-state index in [1.54, 1.807) is 11.9 Å². The fourth-order valence-electron chi connectivity index (χ4n) is 1.83. The number of nitrogens with zero attached hydrogens (tertiary/aromatic N) is 2. The van der Waals surface area contributed by atoms with E-state index >= 15 is 0 Å². The van der Waals surface area contributed by atoms with Crippen LogP contribution in [0.5, 0.6) is 0 Å². The molecule has 1 saturated carbocycles. The zero-order chi connectivity index (χ0) is 12.4. The van der Waals surface area contributed by atoms with Gasteiger partial charge in [-0.25, -0.2) is 0 Å². The first kappa shape index (κ1) is 12.1. The second-order valence-electron chi connectivity index (χ2n) is 4.86. The lowest BCUT2D eigenvalue weighted by atomic mass is 10.2. The average molecular weight is 237 g/mol. The van der Waals surface area contributed by atoms with Gasteiger partial charge in [0.2, 0.25) is 0 Å². The summed E-state index contributed by atoms with van der Waals surface area (Å²) in [6.07, 6.45) is 2.47. The molecule has 2 rings (SSSR count). The van der Waals surface area contributed by atoms with Gasteiger partial charge in [0, 0.05) is 39.3 Å². The summed E-state index contributed by atoms with van der Waals surface area (Å²) in [5.41, 5.74) is 0.961. The molecule has 17 heavy (non-hydrogen) atoms. The van der Waals surface area contributed by atoms with Crippen molar-refractivity contribution in [3.8, 4) is 0 Å². The zero-order valence-corrected chi connectivity index (χ0v) is 10.2. The second kappa shape index (κ2) is 4.87. The van der Waals surface area contributed by atoms with Crippen LogP contribution >= 0.6 is 0 Å². The van der Waals surface area contributed by atoms with Crippen LogP contribution in [0.2, 0.25) is 0 Å². The minimum absolute atomic E-state index is 0.411. The van der Waals surface area contributed by atoms with Crippen molar-refractivity contribution >= 4 is 11.8 Å². The number of nitrogens with one attached hydrogen (secondary N) is 1. The number of piperazine rings is 1. The van der Waals surface area contributed by atoms with E-state index in [0.717, 1.165) is 12.1 Å². The molecule has 0 aromatic rings. The minimum atomic E-state index is -0.417. The summed E-state index contributed by atoms with van der Waals surface area (Å²) < 4.78 is 0. The Bertz CT molecular complexity index is 350. The SMILES string of the molecule is C=C(CNC1CC1)CN1CCN(C)C(=O)C1=O. The molecule has 0 radical (unpaired) electrons. The highest BCUT2D eigenvalue weighted by molar-refractivity contribution is 6.35. The third-order valence-electron chi connectivity index (χ3n) is 3.15. The first-order valence-corrected chi connectivity index (χ1v) is 6.02. The second-order valence-corrected chi connectivity index (χ2v) is 4.86. The molecule has 0 aromatic carbocycles. The monoisotopic (exact) mass is 237 g/mol. The maximum absolute atomic E-state index is 11.7. The van der Waals surface area contributed by atoms with Crippen molar-refractivity contribution < 1.29 is 9.59 Å². The van der Waals surface area contributed by atoms with Crippen LogP contribution in [0, 0.1) is 0 Å². The number of rotatable bonds is 5. The molecule has 94 valence electrons. The Morgan fingerprint density at radius 1 is 1.35 bits per heavy atom. The molecule has 5 nitrogen and oxygen atoms in total. The lowest BCUT2D eigenvalue weighted by Gasteiger charge is -2.31. The smallest absolute Gasteiger partial charge is 0.312 e. The fourth-order valence-corrected chi connectivity index (χ4v) is 1.83. The standard InChI is InChI=1S/C12H19N3O2/c1-9(7-13-10-3-4-10)8-15-6-5-14(2)11(16)12(15)17/h10,13H,1,3-8H2,2H3. The van der Waals surface area contributed by atoms with Gasteiger partial charge in [0.05, 0.1) is 0 Å². The Morgan fingerprint density at radius 2 is 2.06 bits per heavy atom. The molecule has 1 aliphatic carbocycles. The molecule has 0 aromatic heterocycles. The van der Waals surface area contributed by atoms with Crippen molar-refractivity contribution in [3.05, 3.63) is 12.2 Å². The van der Waals surface area contributed by atoms with Crippen molar-refractivity contribution in [2.24, 2.45) is 0 Å². The number of hydrogen-bond donors (Lipinski definition) is 1. The highest BCUT2D eigenvalue weighted by Gasteiger charge is 2.30. The van der Waals surface area contributed by atoms with Gasteiger partial charge in [-0.2, -0.15) is 0 Å². The summed E-state index contributed by atoms with van der Waals surface area (Å²) in [5.74, 6) is -0.828. The van der Waals surface area contributed by atoms with Gasteiger partial charge in [0.25, 0.3) is 0 Å². The maximum Gasteiger partial charge on any atom is 0.312 e. The van der Waals surface area contributed by atoms with Gasteiger partial charge in [-0.3, -0.25) is 9.59 Å². The molecular weight excluding hydrogens is 218 g/mol. The molecule has 1 N–H and O–H groups in total. The van der Waals surface area contributed by atoms with Crippen LogP contribution < -0.4 is 5.32 Å². The van der Waals surface area contributed by atoms with Gasteiger partial charge in [-0.1, -0.05) is 6.58 Å². The molecule has 5 heteroatoms. The predicted molar refractivity (Wildman–Crippen MR) is 64.4 cm³/mol. The third-order valence-corrected chi connectivity index (χ3v) is 3.15. The number of carbonyl (C=O) groups is 2. The van der Waals surface area contributed by atoms with Crippen LogP contribution in [-0.4, -0.2) is 60.9 Å². The van der Waals surface area contributed by atoms with Gasteiger partial charge in [0.1, 0.15) is 0 Å². The highest BCUT2D eigenvalue weighted by atomic mass is 16.2. The van der Waals surface area contributed by atoms with E-state index in [1.807, 2.05) is 0 Å². The first-order valence-electron chi connectivity index (χ1n) is 6.02. The van der Waals surface area contributed by atoms with E-state index in [4.69, 9.17) is 0 Å². The molecule has 1 aliphatic heterocycles. The number of hydrogen-bond acceptors (Lipinski definition) is 3. The van der Waals surface area contributed by atoms with E-state index in [-0.39, 0.29) is 0 Å². The molecule has 0 unspecified atom stereocenters. The summed E-state index contributed by atoms with van der Waals surface area (Å²) in [5, 5.41) is 3.35. The Kier molecular flexibility index (Phi) is 3.47. The largest absolute Gasteiger partial charge is 0.336 e. The van der Waals surface area contributed by atoms with Crippen LogP contribution in [0.3, 0.4) is 0 Å². The molecule has 1 saturated heterocycles. The average Bonchev–Trinajstić information content (AvgIpc) is 3.11. The summed E-state index contributed by atoms with van der Waals surface area (Å²) in [7, 11) is 1.65. The Balaban J connectivity index is 1.79. The molecule has 2 aliphatic rings. The molecule has 2 fully saturated rings. The predicted octanol–water partition coefficient (Wildman–Crippen LogP) is -0.405. The number of amides is 2. The topological polar surface area (TPSA) is 52.6 Å². The molecule has 2 amide bonds. The van der Waals surface area contributed by atoms with Crippen molar-refractivity contribution in [1.29, 1.82) is 0 Å². The quantitative estimate of drug-likeness (QED) is 0.523. The molecular formula is C12H19N3O2. The van der Waals surface area contributed by atoms with Crippen LogP contribution in [0.4, 0.5) is 0 Å². The van der Waals surface area contributed by atoms with Crippen LogP contribution in [-0.2, 0) is 9.59 Å². The van der Waals surface area contributed by atoms with E-state index in [1.165, 1.54) is 17.7 Å². The van der Waals surface area contributed by atoms with Gasteiger partial charge in [-0.15, -0.1) is 0 Å². The van der Waals surface area contributed by atoms with Crippen molar-refractivity contribution in [1.82, 2.24) is 15.1 Å². The van der Waals surface area contributed by atoms with Crippen LogP contribution in [0.15, 0.2) is 12.2 Å². The molecule has 0 spiro atoms. The normalized spacial score (nSPS) is 21.0. The van der Waals surface area contributed by atoms with E-state index in [0.29, 0.717) is 25.7 Å². The Labute approximate surface area is 101 Å². The Morgan fingerprint density at radius 3 is 2.71 bits per heavy atom. The third kappa shape index (κ3) is 3.06. The number of carbonyl (C=O) groups excluding carboxylic acids is 2. The van der Waals surface area contributed by atoms with E-state index in [2.05, 4.69) is 11.9 Å². The van der Waals surface area contributed by atoms with Gasteiger partial charge < -0.3 is 15.1 Å². The summed E-state index contributed by atoms with van der Waals surface area (Å²) in [6, 6.07) is 0.636. The molecule has 0 bridgehead atoms. The highest BCUT2D eigenvalue weighted by Crippen LogP contribution is 2.18. The van der Waals surface area contributed by atoms with E-state index in [9.17, 15) is 9.59 Å². The maximum atomic E-state index is 11.7. The van der Waals surface area contributed by atoms with Crippen molar-refractivity contribution in [3.63, 3.8) is 0 Å². The van der Waals surface area contributed by atoms with Gasteiger partial charge in [-0.05, 0) is 18.4 Å². The zero-order valence-electron chi connectivity index (χ0n) is 10.2. The van der Waals surface area contributed by atoms with Crippen molar-refractivity contribution in [2.45, 2.75) is 18.9 Å². The molecule has 0 atom stereocenters. The van der Waals surface area contributed by atoms with Crippen LogP contribution in [0.25, 0.3) is 0 Å². The van der Waals surface area contributed by atoms with Crippen LogP contribution in [0.1, 0.15) is 12.8 Å². The lowest BCUT2D eigenvalue weighted by Crippen LogP contribution is -2.53. The summed E-state index contributed by atoms with van der Waals surface area (Å²) >= 11 is 0. The van der Waals surface area contributed by atoms with E-state index < -0.39 is 11.8 Å². The minimum Gasteiger partial charge on any atom is -0.336 e. The number of likely N-dealkylation sites (N-methyl/N-ethyl adjacent to an activating group) is 1. The summed E-state index contributed by atoms with van der Waals surface area (Å²) in [6.45, 7) is 6.37. The lowest BCUT2D eigenvalue weighted by molar-refractivity contribution is -0.154.